The zero-order valence-corrected chi connectivity index (χ0v) is 20.7. The van der Waals surface area contributed by atoms with Gasteiger partial charge in [0.25, 0.3) is 0 Å². The fourth-order valence-corrected chi connectivity index (χ4v) is 5.35. The number of hydrogen-bond donors (Lipinski definition) is 2. The second kappa shape index (κ2) is 9.23. The van der Waals surface area contributed by atoms with Crippen molar-refractivity contribution in [1.29, 1.82) is 0 Å². The van der Waals surface area contributed by atoms with Crippen molar-refractivity contribution in [2.45, 2.75) is 30.8 Å². The van der Waals surface area contributed by atoms with E-state index in [1.807, 2.05) is 10.6 Å². The lowest BCUT2D eigenvalue weighted by Crippen LogP contribution is -2.15. The fraction of sp³-hybridized carbons (Fsp3) is 0.200. The molecular formula is C25H21BrN4O3S. The van der Waals surface area contributed by atoms with Gasteiger partial charge in [-0.2, -0.15) is 0 Å². The number of halogens is 1. The van der Waals surface area contributed by atoms with Gasteiger partial charge in [0.05, 0.1) is 17.0 Å². The van der Waals surface area contributed by atoms with E-state index in [1.165, 1.54) is 47.7 Å². The molecule has 0 spiro atoms. The third kappa shape index (κ3) is 4.45. The van der Waals surface area contributed by atoms with Crippen LogP contribution in [0.2, 0.25) is 0 Å². The summed E-state index contributed by atoms with van der Waals surface area (Å²) in [6.45, 7) is 1.76. The predicted octanol–water partition coefficient (Wildman–Crippen LogP) is 5.80. The van der Waals surface area contributed by atoms with Gasteiger partial charge in [0.1, 0.15) is 0 Å². The van der Waals surface area contributed by atoms with Crippen molar-refractivity contribution in [3.05, 3.63) is 76.0 Å². The first-order chi connectivity index (χ1) is 16.4. The van der Waals surface area contributed by atoms with Crippen LogP contribution in [-0.4, -0.2) is 37.5 Å². The zero-order valence-electron chi connectivity index (χ0n) is 18.3. The van der Waals surface area contributed by atoms with E-state index in [1.54, 1.807) is 13.0 Å². The van der Waals surface area contributed by atoms with E-state index in [2.05, 4.69) is 61.8 Å². The number of nitrogens with zero attached hydrogens (tertiary/aromatic N) is 3. The molecule has 1 aliphatic rings. The Bertz CT molecular complexity index is 1430. The minimum absolute atomic E-state index is 0.128. The van der Waals surface area contributed by atoms with Crippen molar-refractivity contribution in [3.8, 4) is 5.69 Å². The quantitative estimate of drug-likeness (QED) is 0.290. The number of hydrogen-bond acceptors (Lipinski definition) is 5. The summed E-state index contributed by atoms with van der Waals surface area (Å²) in [4.78, 5) is 23.8. The first-order valence-electron chi connectivity index (χ1n) is 10.8. The molecule has 1 heterocycles. The number of rotatable bonds is 7. The Morgan fingerprint density at radius 2 is 1.88 bits per heavy atom. The number of thioether (sulfide) groups is 1. The van der Waals surface area contributed by atoms with Crippen LogP contribution in [0.15, 0.2) is 64.5 Å². The van der Waals surface area contributed by atoms with Crippen LogP contribution in [-0.2, 0) is 4.79 Å². The summed E-state index contributed by atoms with van der Waals surface area (Å²) in [5.41, 5.74) is 3.79. The van der Waals surface area contributed by atoms with Gasteiger partial charge in [-0.3, -0.25) is 9.36 Å². The molecule has 7 nitrogen and oxygen atoms in total. The number of aryl methyl sites for hydroxylation is 1. The molecule has 0 saturated heterocycles. The molecule has 0 atom stereocenters. The van der Waals surface area contributed by atoms with Crippen molar-refractivity contribution in [3.63, 3.8) is 0 Å². The van der Waals surface area contributed by atoms with Crippen LogP contribution in [0.25, 0.3) is 16.5 Å². The lowest BCUT2D eigenvalue weighted by molar-refractivity contribution is -0.113. The topological polar surface area (TPSA) is 97.1 Å². The van der Waals surface area contributed by atoms with Gasteiger partial charge in [-0.1, -0.05) is 42.1 Å². The maximum Gasteiger partial charge on any atom is 0.335 e. The summed E-state index contributed by atoms with van der Waals surface area (Å²) in [6.07, 6.45) is 2.46. The molecule has 9 heteroatoms. The standard InChI is InChI=1S/C25H21BrN4O3S/c1-14-12-16(23(32)33)8-10-20(14)27-22(31)13-34-25-29-28-24(26)30(25)21-11-9-17(15-6-7-15)18-4-2-3-5-19(18)21/h2-5,8-12,15H,6-7,13H2,1H3,(H,27,31)(H,32,33). The molecule has 2 N–H and O–H groups in total. The van der Waals surface area contributed by atoms with Crippen LogP contribution in [0.1, 0.15) is 40.2 Å². The Hall–Kier alpha value is -3.17. The summed E-state index contributed by atoms with van der Waals surface area (Å²) in [6, 6.07) is 17.2. The minimum atomic E-state index is -1.00. The summed E-state index contributed by atoms with van der Waals surface area (Å²) >= 11 is 4.80. The fourth-order valence-electron chi connectivity index (χ4n) is 4.05. The van der Waals surface area contributed by atoms with E-state index in [9.17, 15) is 9.59 Å². The van der Waals surface area contributed by atoms with Gasteiger partial charge in [0, 0.05) is 11.1 Å². The van der Waals surface area contributed by atoms with E-state index in [0.29, 0.717) is 27.1 Å². The van der Waals surface area contributed by atoms with Crippen LogP contribution in [0.4, 0.5) is 5.69 Å². The molecule has 172 valence electrons. The summed E-state index contributed by atoms with van der Waals surface area (Å²) in [5, 5.41) is 23.4. The van der Waals surface area contributed by atoms with Crippen molar-refractivity contribution in [2.24, 2.45) is 0 Å². The minimum Gasteiger partial charge on any atom is -0.478 e. The third-order valence-electron chi connectivity index (χ3n) is 5.87. The third-order valence-corrected chi connectivity index (χ3v) is 7.31. The zero-order chi connectivity index (χ0) is 23.8. The average Bonchev–Trinajstić information content (AvgIpc) is 3.61. The lowest BCUT2D eigenvalue weighted by Gasteiger charge is -2.14. The van der Waals surface area contributed by atoms with Crippen molar-refractivity contribution in [2.75, 3.05) is 11.1 Å². The number of aromatic nitrogens is 3. The number of amides is 1. The first-order valence-corrected chi connectivity index (χ1v) is 12.6. The highest BCUT2D eigenvalue weighted by molar-refractivity contribution is 9.10. The van der Waals surface area contributed by atoms with Gasteiger partial charge in [0.15, 0.2) is 5.16 Å². The largest absolute Gasteiger partial charge is 0.478 e. The molecule has 0 radical (unpaired) electrons. The number of carbonyl (C=O) groups excluding carboxylic acids is 1. The number of carboxylic acids is 1. The van der Waals surface area contributed by atoms with Gasteiger partial charge >= 0.3 is 5.97 Å². The molecule has 34 heavy (non-hydrogen) atoms. The lowest BCUT2D eigenvalue weighted by atomic mass is 9.99. The highest BCUT2D eigenvalue weighted by Crippen LogP contribution is 2.44. The van der Waals surface area contributed by atoms with Gasteiger partial charge in [-0.05, 0) is 82.4 Å². The van der Waals surface area contributed by atoms with Crippen molar-refractivity contribution >= 4 is 56.0 Å². The molecule has 3 aromatic carbocycles. The molecule has 1 aliphatic carbocycles. The SMILES string of the molecule is Cc1cc(C(=O)O)ccc1NC(=O)CSc1nnc(Br)n1-c1ccc(C2CC2)c2ccccc12. The van der Waals surface area contributed by atoms with Crippen LogP contribution in [0.3, 0.4) is 0 Å². The second-order valence-corrected chi connectivity index (χ2v) is 9.90. The summed E-state index contributed by atoms with van der Waals surface area (Å²) in [5.74, 6) is -0.452. The van der Waals surface area contributed by atoms with E-state index in [0.717, 1.165) is 11.1 Å². The number of anilines is 1. The normalized spacial score (nSPS) is 13.2. The van der Waals surface area contributed by atoms with Crippen molar-refractivity contribution in [1.82, 2.24) is 14.8 Å². The van der Waals surface area contributed by atoms with Crippen LogP contribution in [0, 0.1) is 6.92 Å². The van der Waals surface area contributed by atoms with Gasteiger partial charge in [-0.25, -0.2) is 4.79 Å². The molecule has 0 unspecified atom stereocenters. The highest BCUT2D eigenvalue weighted by Gasteiger charge is 2.26. The monoisotopic (exact) mass is 536 g/mol. The number of aromatic carboxylic acids is 1. The Morgan fingerprint density at radius 3 is 2.59 bits per heavy atom. The number of carbonyl (C=O) groups is 2. The van der Waals surface area contributed by atoms with E-state index < -0.39 is 5.97 Å². The van der Waals surface area contributed by atoms with Crippen molar-refractivity contribution < 1.29 is 14.7 Å². The second-order valence-electron chi connectivity index (χ2n) is 8.25. The molecule has 0 aliphatic heterocycles. The molecule has 0 bridgehead atoms. The Balaban J connectivity index is 1.37. The summed E-state index contributed by atoms with van der Waals surface area (Å²) in [7, 11) is 0. The Labute approximate surface area is 208 Å². The number of nitrogens with one attached hydrogen (secondary N) is 1. The maximum atomic E-state index is 12.6. The molecule has 1 fully saturated rings. The summed E-state index contributed by atoms with van der Waals surface area (Å²) < 4.78 is 2.49. The molecule has 1 amide bonds. The van der Waals surface area contributed by atoms with Crippen LogP contribution >= 0.6 is 27.7 Å². The van der Waals surface area contributed by atoms with Crippen LogP contribution in [0.5, 0.6) is 0 Å². The van der Waals surface area contributed by atoms with E-state index in [4.69, 9.17) is 5.11 Å². The molecular weight excluding hydrogens is 516 g/mol. The number of fused-ring (bicyclic) bond motifs is 1. The number of benzene rings is 3. The van der Waals surface area contributed by atoms with Gasteiger partial charge in [-0.15, -0.1) is 10.2 Å². The smallest absolute Gasteiger partial charge is 0.335 e. The Kier molecular flexibility index (Phi) is 6.14. The molecule has 5 rings (SSSR count). The van der Waals surface area contributed by atoms with E-state index >= 15 is 0 Å². The first kappa shape index (κ1) is 22.6. The van der Waals surface area contributed by atoms with Gasteiger partial charge in [0.2, 0.25) is 10.6 Å². The Morgan fingerprint density at radius 1 is 1.12 bits per heavy atom. The van der Waals surface area contributed by atoms with E-state index in [-0.39, 0.29) is 17.2 Å². The highest BCUT2D eigenvalue weighted by atomic mass is 79.9. The predicted molar refractivity (Wildman–Crippen MR) is 136 cm³/mol. The maximum absolute atomic E-state index is 12.6. The van der Waals surface area contributed by atoms with Crippen LogP contribution < -0.4 is 5.32 Å². The molecule has 1 saturated carbocycles. The van der Waals surface area contributed by atoms with Gasteiger partial charge < -0.3 is 10.4 Å². The average molecular weight is 537 g/mol. The molecule has 1 aromatic heterocycles. The number of carboxylic acid groups (broad SMARTS) is 1. The molecule has 4 aromatic rings.